The van der Waals surface area contributed by atoms with Gasteiger partial charge in [-0.15, -0.1) is 0 Å². The maximum atomic E-state index is 9.95. The number of rotatable bonds is 3. The van der Waals surface area contributed by atoms with Crippen molar-refractivity contribution in [1.29, 1.82) is 0 Å². The Morgan fingerprint density at radius 1 is 1.40 bits per heavy atom. The van der Waals surface area contributed by atoms with Crippen molar-refractivity contribution in [3.8, 4) is 11.3 Å². The molecule has 0 bridgehead atoms. The van der Waals surface area contributed by atoms with Crippen molar-refractivity contribution in [2.75, 3.05) is 5.73 Å². The number of nitrogens with zero attached hydrogens (tertiary/aromatic N) is 3. The minimum atomic E-state index is -0.856. The number of aliphatic hydroxyl groups is 1. The van der Waals surface area contributed by atoms with Crippen molar-refractivity contribution >= 4 is 17.0 Å². The summed E-state index contributed by atoms with van der Waals surface area (Å²) in [6.45, 7) is 3.86. The van der Waals surface area contributed by atoms with E-state index in [0.29, 0.717) is 18.3 Å². The van der Waals surface area contributed by atoms with Crippen LogP contribution in [0.5, 0.6) is 0 Å². The van der Waals surface area contributed by atoms with Crippen molar-refractivity contribution in [1.82, 2.24) is 14.5 Å². The van der Waals surface area contributed by atoms with Crippen LogP contribution in [0.4, 0.5) is 5.95 Å². The smallest absolute Gasteiger partial charge is 0.201 e. The van der Waals surface area contributed by atoms with Crippen LogP contribution in [0.25, 0.3) is 22.4 Å². The zero-order chi connectivity index (χ0) is 14.3. The van der Waals surface area contributed by atoms with Gasteiger partial charge in [0.25, 0.3) is 0 Å². The minimum absolute atomic E-state index is 0.386. The summed E-state index contributed by atoms with van der Waals surface area (Å²) in [5, 5.41) is 9.95. The van der Waals surface area contributed by atoms with E-state index in [2.05, 4.69) is 9.97 Å². The third-order valence-electron chi connectivity index (χ3n) is 3.04. The number of nitrogens with two attached hydrogens (primary N) is 1. The molecule has 0 spiro atoms. The van der Waals surface area contributed by atoms with Gasteiger partial charge >= 0.3 is 0 Å². The first-order valence-corrected chi connectivity index (χ1v) is 6.31. The molecule has 0 saturated heterocycles. The van der Waals surface area contributed by atoms with Gasteiger partial charge < -0.3 is 19.8 Å². The van der Waals surface area contributed by atoms with Gasteiger partial charge in [-0.05, 0) is 32.0 Å². The predicted molar refractivity (Wildman–Crippen MR) is 75.9 cm³/mol. The lowest BCUT2D eigenvalue weighted by Crippen LogP contribution is -2.26. The summed E-state index contributed by atoms with van der Waals surface area (Å²) in [6, 6.07) is 5.74. The molecule has 0 aliphatic heterocycles. The summed E-state index contributed by atoms with van der Waals surface area (Å²) in [6.07, 6.45) is 3.04. The number of hydrogen-bond donors (Lipinski definition) is 2. The second kappa shape index (κ2) is 4.35. The van der Waals surface area contributed by atoms with Crippen molar-refractivity contribution in [3.63, 3.8) is 0 Å². The number of anilines is 1. The van der Waals surface area contributed by atoms with Crippen LogP contribution in [-0.2, 0) is 6.54 Å². The van der Waals surface area contributed by atoms with Crippen LogP contribution in [0.2, 0.25) is 0 Å². The SMILES string of the molecule is CC(C)(O)Cn1c(N)nc2cc(-c3cnco3)ccc21. The van der Waals surface area contributed by atoms with Crippen molar-refractivity contribution in [2.45, 2.75) is 26.0 Å². The molecule has 2 heterocycles. The average Bonchev–Trinajstić information content (AvgIpc) is 2.96. The molecule has 104 valence electrons. The fraction of sp³-hybridized carbons (Fsp3) is 0.286. The minimum Gasteiger partial charge on any atom is -0.444 e. The van der Waals surface area contributed by atoms with E-state index in [4.69, 9.17) is 10.2 Å². The first-order valence-electron chi connectivity index (χ1n) is 6.31. The van der Waals surface area contributed by atoms with Crippen molar-refractivity contribution in [2.24, 2.45) is 0 Å². The first-order chi connectivity index (χ1) is 9.44. The van der Waals surface area contributed by atoms with Crippen molar-refractivity contribution < 1.29 is 9.52 Å². The van der Waals surface area contributed by atoms with Crippen LogP contribution in [0.3, 0.4) is 0 Å². The van der Waals surface area contributed by atoms with E-state index in [1.54, 1.807) is 24.6 Å². The number of fused-ring (bicyclic) bond motifs is 1. The highest BCUT2D eigenvalue weighted by Crippen LogP contribution is 2.26. The van der Waals surface area contributed by atoms with E-state index >= 15 is 0 Å². The van der Waals surface area contributed by atoms with Crippen LogP contribution in [0, 0.1) is 0 Å². The molecule has 0 saturated carbocycles. The van der Waals surface area contributed by atoms with E-state index in [-0.39, 0.29) is 0 Å². The van der Waals surface area contributed by atoms with Gasteiger partial charge in [0.1, 0.15) is 0 Å². The van der Waals surface area contributed by atoms with E-state index in [0.717, 1.165) is 16.6 Å². The van der Waals surface area contributed by atoms with Crippen LogP contribution >= 0.6 is 0 Å². The van der Waals surface area contributed by atoms with Crippen LogP contribution in [0.15, 0.2) is 35.2 Å². The third kappa shape index (κ3) is 2.25. The summed E-state index contributed by atoms with van der Waals surface area (Å²) in [7, 11) is 0. The lowest BCUT2D eigenvalue weighted by Gasteiger charge is -2.19. The van der Waals surface area contributed by atoms with Gasteiger partial charge in [-0.3, -0.25) is 0 Å². The van der Waals surface area contributed by atoms with Gasteiger partial charge in [0.05, 0.1) is 29.4 Å². The summed E-state index contributed by atoms with van der Waals surface area (Å²) in [4.78, 5) is 8.24. The molecular formula is C14H16N4O2. The van der Waals surface area contributed by atoms with Gasteiger partial charge in [0.15, 0.2) is 12.2 Å². The Labute approximate surface area is 115 Å². The Balaban J connectivity index is 2.09. The molecule has 3 aromatic rings. The largest absolute Gasteiger partial charge is 0.444 e. The summed E-state index contributed by atoms with van der Waals surface area (Å²) >= 11 is 0. The number of oxazole rings is 1. The number of aromatic nitrogens is 3. The normalized spacial score (nSPS) is 12.2. The molecule has 0 fully saturated rings. The second-order valence-electron chi connectivity index (χ2n) is 5.44. The predicted octanol–water partition coefficient (Wildman–Crippen LogP) is 2.04. The number of hydrogen-bond acceptors (Lipinski definition) is 5. The Hall–Kier alpha value is -2.34. The Morgan fingerprint density at radius 3 is 2.85 bits per heavy atom. The number of benzene rings is 1. The van der Waals surface area contributed by atoms with Gasteiger partial charge in [-0.2, -0.15) is 0 Å². The third-order valence-corrected chi connectivity index (χ3v) is 3.04. The zero-order valence-corrected chi connectivity index (χ0v) is 11.4. The van der Waals surface area contributed by atoms with Crippen LogP contribution in [0.1, 0.15) is 13.8 Å². The van der Waals surface area contributed by atoms with Crippen LogP contribution < -0.4 is 5.73 Å². The molecule has 0 aliphatic carbocycles. The maximum Gasteiger partial charge on any atom is 0.201 e. The van der Waals surface area contributed by atoms with Crippen LogP contribution in [-0.4, -0.2) is 25.2 Å². The summed E-state index contributed by atoms with van der Waals surface area (Å²) in [5.74, 6) is 1.07. The highest BCUT2D eigenvalue weighted by Gasteiger charge is 2.18. The number of imidazole rings is 1. The molecule has 1 aromatic carbocycles. The fourth-order valence-electron chi connectivity index (χ4n) is 2.21. The van der Waals surface area contributed by atoms with Gasteiger partial charge in [-0.25, -0.2) is 9.97 Å². The molecular weight excluding hydrogens is 256 g/mol. The molecule has 3 N–H and O–H groups in total. The topological polar surface area (TPSA) is 90.1 Å². The molecule has 0 atom stereocenters. The molecule has 0 aliphatic rings. The lowest BCUT2D eigenvalue weighted by atomic mass is 10.1. The molecule has 0 unspecified atom stereocenters. The monoisotopic (exact) mass is 272 g/mol. The molecule has 3 rings (SSSR count). The molecule has 2 aromatic heterocycles. The Morgan fingerprint density at radius 2 is 2.20 bits per heavy atom. The quantitative estimate of drug-likeness (QED) is 0.761. The maximum absolute atomic E-state index is 9.95. The highest BCUT2D eigenvalue weighted by atomic mass is 16.3. The molecule has 20 heavy (non-hydrogen) atoms. The zero-order valence-electron chi connectivity index (χ0n) is 11.4. The highest BCUT2D eigenvalue weighted by molar-refractivity contribution is 5.83. The fourth-order valence-corrected chi connectivity index (χ4v) is 2.21. The first kappa shape index (κ1) is 12.7. The lowest BCUT2D eigenvalue weighted by molar-refractivity contribution is 0.0633. The molecule has 0 amide bonds. The number of nitrogen functional groups attached to an aromatic ring is 1. The standard InChI is InChI=1S/C14H16N4O2/c1-14(2,19)7-18-11-4-3-9(12-6-16-8-20-12)5-10(11)17-13(18)15/h3-6,8,19H,7H2,1-2H3,(H2,15,17). The summed E-state index contributed by atoms with van der Waals surface area (Å²) < 4.78 is 7.07. The molecule has 6 nitrogen and oxygen atoms in total. The average molecular weight is 272 g/mol. The van der Waals surface area contributed by atoms with E-state index in [1.807, 2.05) is 18.2 Å². The Kier molecular flexibility index (Phi) is 2.76. The molecule has 6 heteroatoms. The van der Waals surface area contributed by atoms with E-state index in [9.17, 15) is 5.11 Å². The van der Waals surface area contributed by atoms with Crippen molar-refractivity contribution in [3.05, 3.63) is 30.8 Å². The van der Waals surface area contributed by atoms with Gasteiger partial charge in [0.2, 0.25) is 5.95 Å². The Bertz CT molecular complexity index is 738. The van der Waals surface area contributed by atoms with E-state index < -0.39 is 5.60 Å². The van der Waals surface area contributed by atoms with Gasteiger partial charge in [0, 0.05) is 5.56 Å². The summed E-state index contributed by atoms with van der Waals surface area (Å²) in [5.41, 5.74) is 7.62. The van der Waals surface area contributed by atoms with Gasteiger partial charge in [-0.1, -0.05) is 0 Å². The second-order valence-corrected chi connectivity index (χ2v) is 5.44. The van der Waals surface area contributed by atoms with E-state index in [1.165, 1.54) is 6.39 Å². The molecule has 0 radical (unpaired) electrons.